The molecule has 4 bridgehead atoms. The third kappa shape index (κ3) is 4.93. The van der Waals surface area contributed by atoms with Gasteiger partial charge in [0.25, 0.3) is 0 Å². The van der Waals surface area contributed by atoms with Gasteiger partial charge in [-0.1, -0.05) is 18.2 Å². The largest absolute Gasteiger partial charge is 0.451 e. The molecular formula is C34H32F4N4O2S. The van der Waals surface area contributed by atoms with E-state index in [0.717, 1.165) is 44.9 Å². The molecule has 4 heterocycles. The molecule has 1 amide bonds. The number of rotatable bonds is 7. The lowest BCUT2D eigenvalue weighted by Gasteiger charge is -2.66. The van der Waals surface area contributed by atoms with Gasteiger partial charge in [-0.2, -0.15) is 13.2 Å². The van der Waals surface area contributed by atoms with Crippen molar-refractivity contribution in [3.8, 4) is 11.1 Å². The second-order valence-electron chi connectivity index (χ2n) is 13.9. The number of benzene rings is 2. The van der Waals surface area contributed by atoms with Gasteiger partial charge in [-0.25, -0.2) is 19.3 Å². The number of aryl methyl sites for hydroxylation is 1. The van der Waals surface area contributed by atoms with Gasteiger partial charge in [0, 0.05) is 42.0 Å². The molecule has 6 nitrogen and oxygen atoms in total. The van der Waals surface area contributed by atoms with Gasteiger partial charge in [0.2, 0.25) is 11.7 Å². The molecule has 45 heavy (non-hydrogen) atoms. The smallest absolute Gasteiger partial charge is 0.370 e. The van der Waals surface area contributed by atoms with Crippen molar-refractivity contribution in [1.82, 2.24) is 15.0 Å². The quantitative estimate of drug-likeness (QED) is 0.192. The topological polar surface area (TPSA) is 68.2 Å². The van der Waals surface area contributed by atoms with E-state index in [9.17, 15) is 22.4 Å². The first-order chi connectivity index (χ1) is 21.4. The molecule has 2 aromatic heterocycles. The molecule has 4 aliphatic carbocycles. The van der Waals surface area contributed by atoms with Gasteiger partial charge < -0.3 is 9.64 Å². The number of ether oxygens (including phenoxy) is 1. The number of halogens is 4. The van der Waals surface area contributed by atoms with E-state index in [1.165, 1.54) is 12.4 Å². The number of hydrogen-bond acceptors (Lipinski definition) is 6. The van der Waals surface area contributed by atoms with Crippen LogP contribution >= 0.6 is 11.3 Å². The van der Waals surface area contributed by atoms with Crippen molar-refractivity contribution in [2.45, 2.75) is 75.7 Å². The summed E-state index contributed by atoms with van der Waals surface area (Å²) in [5.74, 6) is -1.17. The third-order valence-corrected chi connectivity index (χ3v) is 11.5. The number of fused-ring (bicyclic) bond motifs is 4. The van der Waals surface area contributed by atoms with Crippen LogP contribution in [0.4, 0.5) is 23.2 Å². The maximum Gasteiger partial charge on any atom is 0.451 e. The molecule has 0 unspecified atom stereocenters. The zero-order valence-corrected chi connectivity index (χ0v) is 25.6. The first-order valence-electron chi connectivity index (χ1n) is 15.4. The number of nitrogens with zero attached hydrogens (tertiary/aromatic N) is 4. The van der Waals surface area contributed by atoms with Crippen molar-refractivity contribution < 1.29 is 27.1 Å². The molecule has 10 rings (SSSR count). The van der Waals surface area contributed by atoms with E-state index in [-0.39, 0.29) is 16.7 Å². The van der Waals surface area contributed by atoms with Crippen LogP contribution in [0.3, 0.4) is 0 Å². The van der Waals surface area contributed by atoms with Crippen LogP contribution in [0.15, 0.2) is 54.9 Å². The Bertz CT molecular complexity index is 1780. The highest BCUT2D eigenvalue weighted by Crippen LogP contribution is 2.71. The van der Waals surface area contributed by atoms with E-state index in [2.05, 4.69) is 33.2 Å². The second-order valence-corrected chi connectivity index (χ2v) is 15.1. The first kappa shape index (κ1) is 29.0. The number of amides is 1. The van der Waals surface area contributed by atoms with Gasteiger partial charge in [0.05, 0.1) is 27.4 Å². The number of hydrogen-bond donors (Lipinski definition) is 0. The van der Waals surface area contributed by atoms with Gasteiger partial charge in [-0.05, 0) is 92.7 Å². The fourth-order valence-corrected chi connectivity index (χ4v) is 9.11. The average Bonchev–Trinajstić information content (AvgIpc) is 3.38. The summed E-state index contributed by atoms with van der Waals surface area (Å²) in [5.41, 5.74) is 2.01. The van der Waals surface area contributed by atoms with Crippen molar-refractivity contribution in [3.05, 3.63) is 71.3 Å². The SMILES string of the molecule is Cc1nc2ccc(-c3cccc(N(CC45CCC(c6cnc(C(F)(F)F)nc6)(CC4)OC5)C(=O)CC45CC(F)(C4)C5)c3)cc2s1. The summed E-state index contributed by atoms with van der Waals surface area (Å²) >= 11 is 1.65. The Morgan fingerprint density at radius 3 is 2.33 bits per heavy atom. The predicted molar refractivity (Wildman–Crippen MR) is 162 cm³/mol. The molecule has 2 aromatic carbocycles. The van der Waals surface area contributed by atoms with Gasteiger partial charge in [0.1, 0.15) is 5.67 Å². The van der Waals surface area contributed by atoms with Gasteiger partial charge in [0.15, 0.2) is 0 Å². The molecule has 0 spiro atoms. The summed E-state index contributed by atoms with van der Waals surface area (Å²) in [6.07, 6.45) is 2.27. The van der Waals surface area contributed by atoms with E-state index < -0.39 is 23.3 Å². The van der Waals surface area contributed by atoms with Crippen LogP contribution in [-0.2, 0) is 21.3 Å². The van der Waals surface area contributed by atoms with Crippen molar-refractivity contribution in [1.29, 1.82) is 0 Å². The Balaban J connectivity index is 1.06. The van der Waals surface area contributed by atoms with Crippen LogP contribution in [0.5, 0.6) is 0 Å². The summed E-state index contributed by atoms with van der Waals surface area (Å²) in [6, 6.07) is 14.2. The van der Waals surface area contributed by atoms with E-state index in [4.69, 9.17) is 4.74 Å². The van der Waals surface area contributed by atoms with Crippen LogP contribution in [0.25, 0.3) is 21.3 Å². The highest BCUT2D eigenvalue weighted by atomic mass is 32.1. The third-order valence-electron chi connectivity index (χ3n) is 10.6. The lowest BCUT2D eigenvalue weighted by atomic mass is 9.41. The lowest BCUT2D eigenvalue weighted by Crippen LogP contribution is -2.65. The molecule has 2 aliphatic heterocycles. The monoisotopic (exact) mass is 636 g/mol. The Morgan fingerprint density at radius 1 is 0.978 bits per heavy atom. The van der Waals surface area contributed by atoms with E-state index >= 15 is 0 Å². The number of aromatic nitrogens is 3. The molecular weight excluding hydrogens is 604 g/mol. The Kier molecular flexibility index (Phi) is 6.30. The molecule has 4 saturated carbocycles. The minimum Gasteiger partial charge on any atom is -0.370 e. The molecule has 6 fully saturated rings. The van der Waals surface area contributed by atoms with E-state index in [1.807, 2.05) is 36.1 Å². The van der Waals surface area contributed by atoms with Crippen LogP contribution in [0.2, 0.25) is 0 Å². The highest BCUT2D eigenvalue weighted by molar-refractivity contribution is 7.18. The first-order valence-corrected chi connectivity index (χ1v) is 16.2. The molecule has 0 atom stereocenters. The number of anilines is 1. The summed E-state index contributed by atoms with van der Waals surface area (Å²) in [4.78, 5) is 27.7. The van der Waals surface area contributed by atoms with Crippen molar-refractivity contribution in [2.75, 3.05) is 18.1 Å². The zero-order valence-electron chi connectivity index (χ0n) is 24.8. The molecule has 2 saturated heterocycles. The highest BCUT2D eigenvalue weighted by Gasteiger charge is 2.69. The number of alkyl halides is 4. The van der Waals surface area contributed by atoms with Crippen LogP contribution in [-0.4, -0.2) is 39.7 Å². The number of carbonyl (C=O) groups excluding carboxylic acids is 1. The van der Waals surface area contributed by atoms with Crippen LogP contribution < -0.4 is 4.90 Å². The fourth-order valence-electron chi connectivity index (χ4n) is 8.25. The maximum absolute atomic E-state index is 14.4. The van der Waals surface area contributed by atoms with Crippen molar-refractivity contribution >= 4 is 33.1 Å². The van der Waals surface area contributed by atoms with Crippen LogP contribution in [0.1, 0.15) is 67.8 Å². The number of thiazole rings is 1. The minimum absolute atomic E-state index is 0.00430. The zero-order chi connectivity index (χ0) is 31.2. The van der Waals surface area contributed by atoms with Gasteiger partial charge in [-0.3, -0.25) is 4.79 Å². The number of carbonyl (C=O) groups is 1. The van der Waals surface area contributed by atoms with Crippen molar-refractivity contribution in [3.63, 3.8) is 0 Å². The molecule has 6 aliphatic rings. The van der Waals surface area contributed by atoms with Crippen molar-refractivity contribution in [2.24, 2.45) is 10.8 Å². The lowest BCUT2D eigenvalue weighted by molar-refractivity contribution is -0.215. The minimum atomic E-state index is -4.60. The maximum atomic E-state index is 14.4. The molecule has 234 valence electrons. The molecule has 4 aromatic rings. The normalized spacial score (nSPS) is 30.2. The summed E-state index contributed by atoms with van der Waals surface area (Å²) < 4.78 is 61.1. The average molecular weight is 637 g/mol. The van der Waals surface area contributed by atoms with Gasteiger partial charge >= 0.3 is 6.18 Å². The second kappa shape index (κ2) is 9.78. The summed E-state index contributed by atoms with van der Waals surface area (Å²) in [5, 5.41) is 1.01. The van der Waals surface area contributed by atoms with E-state index in [0.29, 0.717) is 57.2 Å². The fraction of sp³-hybridized carbons (Fsp3) is 0.471. The van der Waals surface area contributed by atoms with Gasteiger partial charge in [-0.15, -0.1) is 11.3 Å². The molecule has 0 N–H and O–H groups in total. The standard InChI is InChI=1S/C34H32F4N4O2S/c1-21-41-26-6-5-23(12-27(26)45-21)22-3-2-4-25(11-22)42(28(43)13-31-16-32(35,17-31)18-31)19-30-7-9-33(10-8-30,44-20-30)24-14-39-29(40-15-24)34(36,37)38/h2-6,11-12,14-15H,7-10,13,16-20H2,1H3. The predicted octanol–water partition coefficient (Wildman–Crippen LogP) is 8.18. The Hall–Kier alpha value is -3.44. The summed E-state index contributed by atoms with van der Waals surface area (Å²) in [6.45, 7) is 2.82. The Labute approximate surface area is 261 Å². The Morgan fingerprint density at radius 2 is 1.69 bits per heavy atom. The molecule has 0 radical (unpaired) electrons. The van der Waals surface area contributed by atoms with Crippen LogP contribution in [0, 0.1) is 17.8 Å². The summed E-state index contributed by atoms with van der Waals surface area (Å²) in [7, 11) is 0. The van der Waals surface area contributed by atoms with E-state index in [1.54, 1.807) is 11.3 Å². The molecule has 11 heteroatoms.